The Balaban J connectivity index is 1.92. The summed E-state index contributed by atoms with van der Waals surface area (Å²) < 4.78 is 11.9. The van der Waals surface area contributed by atoms with E-state index in [4.69, 9.17) is 14.5 Å². The van der Waals surface area contributed by atoms with Crippen molar-refractivity contribution in [1.82, 2.24) is 15.5 Å². The van der Waals surface area contributed by atoms with Crippen molar-refractivity contribution in [3.05, 3.63) is 59.7 Å². The predicted octanol–water partition coefficient (Wildman–Crippen LogP) is 4.47. The molecule has 7 heteroatoms. The number of nitrogens with one attached hydrogen (secondary N) is 2. The van der Waals surface area contributed by atoms with Crippen LogP contribution >= 0.6 is 0 Å². The highest BCUT2D eigenvalue weighted by Gasteiger charge is 2.20. The lowest BCUT2D eigenvalue weighted by molar-refractivity contribution is 0.200. The predicted molar refractivity (Wildman–Crippen MR) is 144 cm³/mol. The third kappa shape index (κ3) is 7.93. The van der Waals surface area contributed by atoms with Gasteiger partial charge in [0.15, 0.2) is 17.7 Å². The van der Waals surface area contributed by atoms with Gasteiger partial charge in [0, 0.05) is 5.56 Å². The summed E-state index contributed by atoms with van der Waals surface area (Å²) in [6.45, 7) is 2.45. The monoisotopic (exact) mass is 487 g/mol. The van der Waals surface area contributed by atoms with E-state index in [2.05, 4.69) is 34.3 Å². The van der Waals surface area contributed by atoms with E-state index in [9.17, 15) is 5.26 Å². The van der Waals surface area contributed by atoms with Crippen molar-refractivity contribution >= 4 is 5.96 Å². The fourth-order valence-corrected chi connectivity index (χ4v) is 4.23. The van der Waals surface area contributed by atoms with Gasteiger partial charge in [0.05, 0.1) is 31.8 Å². The molecule has 0 amide bonds. The summed E-state index contributed by atoms with van der Waals surface area (Å²) in [6, 6.07) is 15.9. The Morgan fingerprint density at radius 3 is 2.53 bits per heavy atom. The van der Waals surface area contributed by atoms with Gasteiger partial charge < -0.3 is 14.8 Å². The van der Waals surface area contributed by atoms with Gasteiger partial charge in [0.25, 0.3) is 0 Å². The van der Waals surface area contributed by atoms with E-state index in [1.165, 1.54) is 12.8 Å². The molecular weight excluding hydrogens is 450 g/mol. The molecule has 0 bridgehead atoms. The zero-order valence-corrected chi connectivity index (χ0v) is 21.8. The molecular formula is C29H37N5O2. The third-order valence-electron chi connectivity index (χ3n) is 6.27. The molecule has 0 heterocycles. The first-order valence-corrected chi connectivity index (χ1v) is 12.6. The maximum absolute atomic E-state index is 9.27. The van der Waals surface area contributed by atoms with E-state index in [0.717, 1.165) is 36.1 Å². The van der Waals surface area contributed by atoms with E-state index in [0.29, 0.717) is 18.3 Å². The van der Waals surface area contributed by atoms with Crippen LogP contribution in [-0.4, -0.2) is 50.9 Å². The maximum Gasteiger partial charge on any atom is 0.205 e. The van der Waals surface area contributed by atoms with Crippen molar-refractivity contribution in [3.63, 3.8) is 0 Å². The standard InChI is InChI=1S/C29H37N5O2/c1-5-28(34(2)3)33-29(32-21-30)31-20-24(16-15-22-11-7-6-8-12-22)23-17-18-26(35-4)27(19-23)36-25-13-9-10-14-25/h6-8,11-12,17-19,24-25,28H,5,9-10,13-14,20H2,1-4H3,(H2,31,32,33). The summed E-state index contributed by atoms with van der Waals surface area (Å²) in [5.41, 5.74) is 1.93. The number of rotatable bonds is 9. The van der Waals surface area contributed by atoms with Gasteiger partial charge in [-0.2, -0.15) is 5.26 Å². The summed E-state index contributed by atoms with van der Waals surface area (Å²) in [4.78, 5) is 6.77. The highest BCUT2D eigenvalue weighted by molar-refractivity contribution is 5.81. The minimum Gasteiger partial charge on any atom is -0.493 e. The molecule has 0 aromatic heterocycles. The van der Waals surface area contributed by atoms with Crippen molar-refractivity contribution < 1.29 is 9.47 Å². The molecule has 1 aliphatic carbocycles. The molecule has 190 valence electrons. The first kappa shape index (κ1) is 26.9. The van der Waals surface area contributed by atoms with Crippen LogP contribution in [0.25, 0.3) is 0 Å². The lowest BCUT2D eigenvalue weighted by atomic mass is 9.98. The number of benzene rings is 2. The number of nitrogens with zero attached hydrogens (tertiary/aromatic N) is 3. The number of aliphatic imine (C=N–C) groups is 1. The number of ether oxygens (including phenoxy) is 2. The van der Waals surface area contributed by atoms with Crippen LogP contribution in [0.3, 0.4) is 0 Å². The van der Waals surface area contributed by atoms with E-state index in [1.54, 1.807) is 7.11 Å². The fraction of sp³-hybridized carbons (Fsp3) is 0.448. The SMILES string of the molecule is CCC(NC(=NCC(C#Cc1ccccc1)c1ccc(OC)c(OC2CCCC2)c1)NC#N)N(C)C. The summed E-state index contributed by atoms with van der Waals surface area (Å²) in [6.07, 6.45) is 7.63. The Bertz CT molecular complexity index is 1090. The van der Waals surface area contributed by atoms with E-state index in [1.807, 2.05) is 68.8 Å². The second-order valence-electron chi connectivity index (χ2n) is 9.08. The fourth-order valence-electron chi connectivity index (χ4n) is 4.23. The van der Waals surface area contributed by atoms with Crippen molar-refractivity contribution in [2.45, 2.75) is 57.2 Å². The first-order chi connectivity index (χ1) is 17.5. The average molecular weight is 488 g/mol. The molecule has 36 heavy (non-hydrogen) atoms. The van der Waals surface area contributed by atoms with Crippen LogP contribution in [0.1, 0.15) is 56.1 Å². The lowest BCUT2D eigenvalue weighted by Crippen LogP contribution is -2.48. The number of guanidine groups is 1. The number of methoxy groups -OCH3 is 1. The zero-order valence-electron chi connectivity index (χ0n) is 21.8. The Morgan fingerprint density at radius 1 is 1.14 bits per heavy atom. The topological polar surface area (TPSA) is 81.9 Å². The van der Waals surface area contributed by atoms with Crippen LogP contribution in [0.15, 0.2) is 53.5 Å². The van der Waals surface area contributed by atoms with E-state index >= 15 is 0 Å². The Morgan fingerprint density at radius 2 is 1.89 bits per heavy atom. The molecule has 7 nitrogen and oxygen atoms in total. The number of hydrogen-bond acceptors (Lipinski definition) is 5. The highest BCUT2D eigenvalue weighted by atomic mass is 16.5. The smallest absolute Gasteiger partial charge is 0.205 e. The van der Waals surface area contributed by atoms with Crippen LogP contribution in [0.5, 0.6) is 11.5 Å². The minimum absolute atomic E-state index is 0.0471. The normalized spacial score (nSPS) is 15.4. The lowest BCUT2D eigenvalue weighted by Gasteiger charge is -2.25. The van der Waals surface area contributed by atoms with Crippen LogP contribution in [0.4, 0.5) is 0 Å². The molecule has 0 spiro atoms. The molecule has 3 rings (SSSR count). The zero-order chi connectivity index (χ0) is 25.8. The van der Waals surface area contributed by atoms with E-state index < -0.39 is 0 Å². The maximum atomic E-state index is 9.27. The summed E-state index contributed by atoms with van der Waals surface area (Å²) >= 11 is 0. The average Bonchev–Trinajstić information content (AvgIpc) is 3.40. The summed E-state index contributed by atoms with van der Waals surface area (Å²) in [7, 11) is 5.64. The van der Waals surface area contributed by atoms with Gasteiger partial charge in [-0.15, -0.1) is 0 Å². The molecule has 2 aromatic carbocycles. The van der Waals surface area contributed by atoms with Crippen molar-refractivity contribution in [2.24, 2.45) is 4.99 Å². The van der Waals surface area contributed by atoms with Crippen LogP contribution in [0.2, 0.25) is 0 Å². The van der Waals surface area contributed by atoms with Gasteiger partial charge in [0.2, 0.25) is 5.96 Å². The van der Waals surface area contributed by atoms with Gasteiger partial charge in [-0.1, -0.05) is 43.0 Å². The summed E-state index contributed by atoms with van der Waals surface area (Å²) in [5, 5.41) is 15.3. The Labute approximate surface area is 215 Å². The second kappa shape index (κ2) is 14.0. The summed E-state index contributed by atoms with van der Waals surface area (Å²) in [5.74, 6) is 8.36. The first-order valence-electron chi connectivity index (χ1n) is 12.6. The second-order valence-corrected chi connectivity index (χ2v) is 9.08. The molecule has 1 fully saturated rings. The molecule has 2 aromatic rings. The Hall–Kier alpha value is -3.68. The van der Waals surface area contributed by atoms with Gasteiger partial charge in [-0.25, -0.2) is 0 Å². The van der Waals surface area contributed by atoms with Crippen molar-refractivity contribution in [2.75, 3.05) is 27.7 Å². The largest absolute Gasteiger partial charge is 0.493 e. The van der Waals surface area contributed by atoms with Gasteiger partial charge >= 0.3 is 0 Å². The molecule has 1 aliphatic rings. The number of nitriles is 1. The molecule has 0 saturated heterocycles. The van der Waals surface area contributed by atoms with Crippen LogP contribution in [-0.2, 0) is 0 Å². The molecule has 2 N–H and O–H groups in total. The van der Waals surface area contributed by atoms with Crippen molar-refractivity contribution in [1.29, 1.82) is 5.26 Å². The van der Waals surface area contributed by atoms with Gasteiger partial charge in [-0.3, -0.25) is 15.2 Å². The quantitative estimate of drug-likeness (QED) is 0.136. The molecule has 2 unspecified atom stereocenters. The number of hydrogen-bond donors (Lipinski definition) is 2. The van der Waals surface area contributed by atoms with Gasteiger partial charge in [0.1, 0.15) is 0 Å². The van der Waals surface area contributed by atoms with Crippen LogP contribution < -0.4 is 20.1 Å². The van der Waals surface area contributed by atoms with Crippen molar-refractivity contribution in [3.8, 4) is 29.5 Å². The third-order valence-corrected chi connectivity index (χ3v) is 6.27. The Kier molecular flexibility index (Phi) is 10.5. The molecule has 0 radical (unpaired) electrons. The molecule has 1 saturated carbocycles. The molecule has 0 aliphatic heterocycles. The molecule has 2 atom stereocenters. The van der Waals surface area contributed by atoms with Gasteiger partial charge in [-0.05, 0) is 76.0 Å². The highest BCUT2D eigenvalue weighted by Crippen LogP contribution is 2.34. The minimum atomic E-state index is -0.209. The van der Waals surface area contributed by atoms with E-state index in [-0.39, 0.29) is 18.2 Å². The van der Waals surface area contributed by atoms with Crippen LogP contribution in [0, 0.1) is 23.3 Å².